The number of para-hydroxylation sites is 1. The van der Waals surface area contributed by atoms with Crippen molar-refractivity contribution in [3.05, 3.63) is 53.2 Å². The highest BCUT2D eigenvalue weighted by molar-refractivity contribution is 6.19. The second-order valence-corrected chi connectivity index (χ2v) is 5.78. The predicted molar refractivity (Wildman–Crippen MR) is 91.9 cm³/mol. The van der Waals surface area contributed by atoms with Crippen molar-refractivity contribution in [3.8, 4) is 0 Å². The minimum Gasteiger partial charge on any atom is -0.465 e. The first-order valence-corrected chi connectivity index (χ1v) is 7.49. The first-order valence-electron chi connectivity index (χ1n) is 7.49. The lowest BCUT2D eigenvalue weighted by Crippen LogP contribution is -2.02. The number of hydrogen-bond acceptors (Lipinski definition) is 3. The molecule has 0 aliphatic rings. The summed E-state index contributed by atoms with van der Waals surface area (Å²) in [7, 11) is 1.38. The zero-order valence-electron chi connectivity index (χ0n) is 13.2. The number of hydrogen-bond donors (Lipinski definition) is 1. The second-order valence-electron chi connectivity index (χ2n) is 5.78. The van der Waals surface area contributed by atoms with Gasteiger partial charge in [0.25, 0.3) is 0 Å². The first kappa shape index (κ1) is 13.8. The molecule has 2 aromatic carbocycles. The SMILES string of the molecule is COC(=O)c1cnc2c(C)c(C)c3c4ccccc4[nH]c3c2c1. The molecule has 0 fully saturated rings. The van der Waals surface area contributed by atoms with Gasteiger partial charge in [0.2, 0.25) is 0 Å². The Morgan fingerprint density at radius 1 is 1.13 bits per heavy atom. The highest BCUT2D eigenvalue weighted by atomic mass is 16.5. The maximum absolute atomic E-state index is 11.8. The number of aromatic amines is 1. The minimum absolute atomic E-state index is 0.373. The fraction of sp³-hybridized carbons (Fsp3) is 0.158. The molecule has 1 N–H and O–H groups in total. The van der Waals surface area contributed by atoms with Gasteiger partial charge in [-0.1, -0.05) is 18.2 Å². The third-order valence-corrected chi connectivity index (χ3v) is 4.58. The predicted octanol–water partition coefficient (Wildman–Crippen LogP) is 4.27. The Kier molecular flexibility index (Phi) is 2.88. The fourth-order valence-corrected chi connectivity index (χ4v) is 3.28. The summed E-state index contributed by atoms with van der Waals surface area (Å²) < 4.78 is 4.82. The molecule has 0 saturated heterocycles. The molecule has 0 saturated carbocycles. The van der Waals surface area contributed by atoms with Gasteiger partial charge >= 0.3 is 5.97 Å². The van der Waals surface area contributed by atoms with Crippen molar-refractivity contribution in [2.24, 2.45) is 0 Å². The Hall–Kier alpha value is -2.88. The van der Waals surface area contributed by atoms with Crippen LogP contribution in [0.4, 0.5) is 0 Å². The number of fused-ring (bicyclic) bond motifs is 5. The van der Waals surface area contributed by atoms with E-state index in [-0.39, 0.29) is 5.97 Å². The van der Waals surface area contributed by atoms with Gasteiger partial charge in [-0.05, 0) is 37.1 Å². The van der Waals surface area contributed by atoms with E-state index in [4.69, 9.17) is 4.74 Å². The van der Waals surface area contributed by atoms with Crippen LogP contribution in [0.3, 0.4) is 0 Å². The van der Waals surface area contributed by atoms with Crippen molar-refractivity contribution >= 4 is 38.7 Å². The Morgan fingerprint density at radius 2 is 1.91 bits per heavy atom. The molecule has 0 atom stereocenters. The molecule has 0 radical (unpaired) electrons. The molecule has 0 unspecified atom stereocenters. The lowest BCUT2D eigenvalue weighted by atomic mass is 9.98. The quantitative estimate of drug-likeness (QED) is 0.534. The fourth-order valence-electron chi connectivity index (χ4n) is 3.28. The summed E-state index contributed by atoms with van der Waals surface area (Å²) in [5, 5.41) is 3.32. The van der Waals surface area contributed by atoms with Crippen molar-refractivity contribution in [2.75, 3.05) is 7.11 Å². The Bertz CT molecular complexity index is 1090. The van der Waals surface area contributed by atoms with Crippen LogP contribution in [0.25, 0.3) is 32.7 Å². The molecule has 0 aliphatic heterocycles. The summed E-state index contributed by atoms with van der Waals surface area (Å²) in [4.78, 5) is 19.8. The van der Waals surface area contributed by atoms with Crippen LogP contribution in [0.5, 0.6) is 0 Å². The van der Waals surface area contributed by atoms with E-state index < -0.39 is 0 Å². The Labute approximate surface area is 133 Å². The highest BCUT2D eigenvalue weighted by Crippen LogP contribution is 2.36. The molecule has 4 nitrogen and oxygen atoms in total. The van der Waals surface area contributed by atoms with E-state index in [0.717, 1.165) is 27.5 Å². The normalized spacial score (nSPS) is 11.4. The third kappa shape index (κ3) is 1.84. The molecule has 114 valence electrons. The molecule has 4 heteroatoms. The zero-order chi connectivity index (χ0) is 16.1. The molecule has 0 bridgehead atoms. The van der Waals surface area contributed by atoms with Gasteiger partial charge in [0.1, 0.15) is 0 Å². The van der Waals surface area contributed by atoms with E-state index >= 15 is 0 Å². The molecular formula is C19H16N2O2. The lowest BCUT2D eigenvalue weighted by Gasteiger charge is -2.09. The van der Waals surface area contributed by atoms with Crippen LogP contribution in [0, 0.1) is 13.8 Å². The number of nitrogens with one attached hydrogen (secondary N) is 1. The second kappa shape index (κ2) is 4.81. The summed E-state index contributed by atoms with van der Waals surface area (Å²) >= 11 is 0. The number of pyridine rings is 1. The molecule has 2 heterocycles. The smallest absolute Gasteiger partial charge is 0.339 e. The molecule has 23 heavy (non-hydrogen) atoms. The van der Waals surface area contributed by atoms with Crippen molar-refractivity contribution < 1.29 is 9.53 Å². The molecule has 0 aliphatic carbocycles. The average molecular weight is 304 g/mol. The number of aromatic nitrogens is 2. The summed E-state index contributed by atoms with van der Waals surface area (Å²) in [5.41, 5.74) is 5.82. The van der Waals surface area contributed by atoms with Crippen LogP contribution in [0.1, 0.15) is 21.5 Å². The number of carbonyl (C=O) groups excluding carboxylic acids is 1. The maximum Gasteiger partial charge on any atom is 0.339 e. The Morgan fingerprint density at radius 3 is 2.70 bits per heavy atom. The molecule has 2 aromatic heterocycles. The monoisotopic (exact) mass is 304 g/mol. The topological polar surface area (TPSA) is 55.0 Å². The standard InChI is InChI=1S/C19H16N2O2/c1-10-11(2)17-14(8-12(9-20-17)19(22)23-3)18-16(10)13-6-4-5-7-15(13)21-18/h4-9,21H,1-3H3. The van der Waals surface area contributed by atoms with Crippen molar-refractivity contribution in [2.45, 2.75) is 13.8 Å². The van der Waals surface area contributed by atoms with E-state index in [1.807, 2.05) is 18.2 Å². The molecule has 0 spiro atoms. The Balaban J connectivity index is 2.23. The van der Waals surface area contributed by atoms with E-state index in [1.54, 1.807) is 6.20 Å². The summed E-state index contributed by atoms with van der Waals surface area (Å²) in [5.74, 6) is -0.373. The van der Waals surface area contributed by atoms with Gasteiger partial charge in [-0.3, -0.25) is 4.98 Å². The van der Waals surface area contributed by atoms with Crippen LogP contribution in [-0.2, 0) is 4.74 Å². The maximum atomic E-state index is 11.8. The molecule has 4 aromatic rings. The first-order chi connectivity index (χ1) is 11.1. The number of H-pyrrole nitrogens is 1. The number of esters is 1. The molecular weight excluding hydrogens is 288 g/mol. The number of aryl methyl sites for hydroxylation is 2. The van der Waals surface area contributed by atoms with E-state index in [2.05, 4.69) is 35.9 Å². The van der Waals surface area contributed by atoms with Gasteiger partial charge in [0, 0.05) is 27.9 Å². The van der Waals surface area contributed by atoms with Crippen LogP contribution in [-0.4, -0.2) is 23.0 Å². The number of ether oxygens (including phenoxy) is 1. The molecule has 4 rings (SSSR count). The average Bonchev–Trinajstić information content (AvgIpc) is 2.98. The van der Waals surface area contributed by atoms with Crippen LogP contribution in [0.2, 0.25) is 0 Å². The highest BCUT2D eigenvalue weighted by Gasteiger charge is 2.16. The van der Waals surface area contributed by atoms with E-state index in [1.165, 1.54) is 23.4 Å². The van der Waals surface area contributed by atoms with E-state index in [0.29, 0.717) is 5.56 Å². The number of carbonyl (C=O) groups is 1. The van der Waals surface area contributed by atoms with Crippen molar-refractivity contribution in [1.82, 2.24) is 9.97 Å². The number of methoxy groups -OCH3 is 1. The van der Waals surface area contributed by atoms with E-state index in [9.17, 15) is 4.79 Å². The van der Waals surface area contributed by atoms with Crippen LogP contribution < -0.4 is 0 Å². The number of nitrogens with zero attached hydrogens (tertiary/aromatic N) is 1. The molecule has 0 amide bonds. The zero-order valence-corrected chi connectivity index (χ0v) is 13.2. The van der Waals surface area contributed by atoms with Gasteiger partial charge in [-0.25, -0.2) is 4.79 Å². The van der Waals surface area contributed by atoms with Crippen LogP contribution in [0.15, 0.2) is 36.5 Å². The van der Waals surface area contributed by atoms with Gasteiger partial charge in [0.15, 0.2) is 0 Å². The van der Waals surface area contributed by atoms with Gasteiger partial charge in [0.05, 0.1) is 23.7 Å². The van der Waals surface area contributed by atoms with Crippen LogP contribution >= 0.6 is 0 Å². The number of rotatable bonds is 1. The summed E-state index contributed by atoms with van der Waals surface area (Å²) in [6.07, 6.45) is 1.58. The van der Waals surface area contributed by atoms with Gasteiger partial charge in [-0.15, -0.1) is 0 Å². The largest absolute Gasteiger partial charge is 0.465 e. The van der Waals surface area contributed by atoms with Gasteiger partial charge in [-0.2, -0.15) is 0 Å². The summed E-state index contributed by atoms with van der Waals surface area (Å²) in [6.45, 7) is 4.19. The third-order valence-electron chi connectivity index (χ3n) is 4.58. The minimum atomic E-state index is -0.373. The van der Waals surface area contributed by atoms with Crippen molar-refractivity contribution in [1.29, 1.82) is 0 Å². The summed E-state index contributed by atoms with van der Waals surface area (Å²) in [6, 6.07) is 10.1. The number of benzene rings is 2. The van der Waals surface area contributed by atoms with Crippen molar-refractivity contribution in [3.63, 3.8) is 0 Å². The van der Waals surface area contributed by atoms with Gasteiger partial charge < -0.3 is 9.72 Å². The lowest BCUT2D eigenvalue weighted by molar-refractivity contribution is 0.0600.